The van der Waals surface area contributed by atoms with Gasteiger partial charge in [0.05, 0.1) is 42.9 Å². The second kappa shape index (κ2) is 11.7. The smallest absolute Gasteiger partial charge is 0.310 e. The molecule has 244 valence electrons. The molecule has 2 aliphatic rings. The Hall–Kier alpha value is -3.94. The Morgan fingerprint density at radius 1 is 1.13 bits per heavy atom. The number of aliphatic carboxylic acids is 1. The van der Waals surface area contributed by atoms with Crippen LogP contribution in [0.1, 0.15) is 73.2 Å². The van der Waals surface area contributed by atoms with Crippen molar-refractivity contribution in [1.82, 2.24) is 29.3 Å². The fraction of sp³-hybridized carbons (Fsp3) is 0.485. The van der Waals surface area contributed by atoms with Gasteiger partial charge in [0.2, 0.25) is 15.9 Å². The van der Waals surface area contributed by atoms with E-state index in [1.165, 1.54) is 4.31 Å². The van der Waals surface area contributed by atoms with E-state index in [1.807, 2.05) is 45.0 Å². The van der Waals surface area contributed by atoms with E-state index in [9.17, 15) is 18.3 Å². The minimum absolute atomic E-state index is 0.0234. The first-order valence-corrected chi connectivity index (χ1v) is 17.0. The average molecular weight is 649 g/mol. The highest BCUT2D eigenvalue weighted by molar-refractivity contribution is 7.89. The van der Waals surface area contributed by atoms with Crippen molar-refractivity contribution in [2.24, 2.45) is 5.41 Å². The zero-order valence-electron chi connectivity index (χ0n) is 27.1. The molecule has 6 rings (SSSR count). The molecule has 3 aromatic heterocycles. The Morgan fingerprint density at radius 3 is 2.57 bits per heavy atom. The standard InChI is InChI=1S/C33H40N6O6S/c1-7-39-26-11-9-23(22(4)29(26)36-37-39)28(32(5,6)31(40)41)24-10-8-21(3)25(35-24)18-38-19-33(12-14-44-15-13-33)45-30-27(46(38,42)43)16-20(2)17-34-30/h8-11,16-17,28H,7,12-15,18-19H2,1-6H3,(H,40,41)/t28-/m1/s1. The molecule has 5 heterocycles. The molecule has 1 atom stereocenters. The molecule has 1 spiro atoms. The number of pyridine rings is 2. The summed E-state index contributed by atoms with van der Waals surface area (Å²) in [7, 11) is -4.04. The molecule has 0 bridgehead atoms. The molecular weight excluding hydrogens is 608 g/mol. The lowest BCUT2D eigenvalue weighted by molar-refractivity contribution is -0.147. The maximum absolute atomic E-state index is 14.3. The van der Waals surface area contributed by atoms with Gasteiger partial charge in [-0.3, -0.25) is 9.78 Å². The molecule has 1 N–H and O–H groups in total. The van der Waals surface area contributed by atoms with E-state index in [1.54, 1.807) is 37.7 Å². The quantitative estimate of drug-likeness (QED) is 0.303. The van der Waals surface area contributed by atoms with Gasteiger partial charge in [-0.1, -0.05) is 17.3 Å². The first kappa shape index (κ1) is 32.0. The minimum atomic E-state index is -4.04. The van der Waals surface area contributed by atoms with Crippen molar-refractivity contribution in [3.8, 4) is 5.88 Å². The minimum Gasteiger partial charge on any atom is -0.481 e. The lowest BCUT2D eigenvalue weighted by Crippen LogP contribution is -2.50. The molecular formula is C33H40N6O6S. The van der Waals surface area contributed by atoms with Gasteiger partial charge in [-0.05, 0) is 82.0 Å². The molecule has 0 unspecified atom stereocenters. The summed E-state index contributed by atoms with van der Waals surface area (Å²) < 4.78 is 43.8. The zero-order valence-corrected chi connectivity index (χ0v) is 27.9. The van der Waals surface area contributed by atoms with Gasteiger partial charge in [-0.15, -0.1) is 5.10 Å². The first-order valence-electron chi connectivity index (χ1n) is 15.5. The van der Waals surface area contributed by atoms with Crippen molar-refractivity contribution >= 4 is 27.0 Å². The van der Waals surface area contributed by atoms with E-state index in [4.69, 9.17) is 14.5 Å². The molecule has 0 radical (unpaired) electrons. The normalized spacial score (nSPS) is 18.6. The zero-order chi connectivity index (χ0) is 33.0. The van der Waals surface area contributed by atoms with Gasteiger partial charge >= 0.3 is 5.97 Å². The van der Waals surface area contributed by atoms with E-state index >= 15 is 0 Å². The summed E-state index contributed by atoms with van der Waals surface area (Å²) in [5, 5.41) is 19.1. The number of carboxylic acids is 1. The maximum atomic E-state index is 14.3. The average Bonchev–Trinajstić information content (AvgIpc) is 3.41. The Bertz CT molecular complexity index is 1930. The molecule has 4 aromatic rings. The van der Waals surface area contributed by atoms with Gasteiger partial charge in [-0.25, -0.2) is 18.1 Å². The molecule has 1 saturated heterocycles. The third-order valence-corrected chi connectivity index (χ3v) is 11.3. The van der Waals surface area contributed by atoms with Gasteiger partial charge in [0, 0.05) is 37.2 Å². The number of aryl methyl sites for hydroxylation is 4. The molecule has 1 aromatic carbocycles. The van der Waals surface area contributed by atoms with Crippen LogP contribution in [0.4, 0.5) is 0 Å². The Morgan fingerprint density at radius 2 is 1.87 bits per heavy atom. The van der Waals surface area contributed by atoms with Crippen LogP contribution in [0, 0.1) is 26.2 Å². The van der Waals surface area contributed by atoms with Gasteiger partial charge in [0.15, 0.2) is 0 Å². The fourth-order valence-corrected chi connectivity index (χ4v) is 8.19. The van der Waals surface area contributed by atoms with Crippen molar-refractivity contribution in [3.05, 3.63) is 70.2 Å². The van der Waals surface area contributed by atoms with Crippen molar-refractivity contribution in [2.45, 2.75) is 83.9 Å². The number of carbonyl (C=O) groups is 1. The topological polar surface area (TPSA) is 150 Å². The number of fused-ring (bicyclic) bond motifs is 2. The van der Waals surface area contributed by atoms with Gasteiger partial charge in [-0.2, -0.15) is 4.31 Å². The lowest BCUT2D eigenvalue weighted by atomic mass is 9.71. The predicted molar refractivity (Wildman–Crippen MR) is 170 cm³/mol. The molecule has 12 nitrogen and oxygen atoms in total. The van der Waals surface area contributed by atoms with Crippen molar-refractivity contribution in [2.75, 3.05) is 19.8 Å². The monoisotopic (exact) mass is 648 g/mol. The van der Waals surface area contributed by atoms with Crippen LogP contribution in [0.15, 0.2) is 41.4 Å². The predicted octanol–water partition coefficient (Wildman–Crippen LogP) is 4.54. The second-order valence-corrected chi connectivity index (χ2v) is 14.9. The first-order chi connectivity index (χ1) is 21.8. The number of carboxylic acid groups (broad SMARTS) is 1. The Labute approximate surface area is 268 Å². The lowest BCUT2D eigenvalue weighted by Gasteiger charge is -2.38. The number of aromatic nitrogens is 5. The highest BCUT2D eigenvalue weighted by Gasteiger charge is 2.46. The highest BCUT2D eigenvalue weighted by atomic mass is 32.2. The third kappa shape index (κ3) is 5.43. The summed E-state index contributed by atoms with van der Waals surface area (Å²) in [6, 6.07) is 9.17. The van der Waals surface area contributed by atoms with Crippen LogP contribution in [-0.2, 0) is 32.6 Å². The number of benzene rings is 1. The van der Waals surface area contributed by atoms with Crippen LogP contribution in [0.2, 0.25) is 0 Å². The van der Waals surface area contributed by atoms with E-state index in [2.05, 4.69) is 15.3 Å². The summed E-state index contributed by atoms with van der Waals surface area (Å²) in [5.74, 6) is -1.55. The van der Waals surface area contributed by atoms with E-state index in [0.717, 1.165) is 22.2 Å². The van der Waals surface area contributed by atoms with Gasteiger partial charge < -0.3 is 14.6 Å². The van der Waals surface area contributed by atoms with Crippen molar-refractivity contribution < 1.29 is 27.8 Å². The maximum Gasteiger partial charge on any atom is 0.310 e. The third-order valence-electron chi connectivity index (χ3n) is 9.47. The number of ether oxygens (including phenoxy) is 2. The number of hydrogen-bond donors (Lipinski definition) is 1. The number of sulfonamides is 1. The fourth-order valence-electron chi connectivity index (χ4n) is 6.56. The molecule has 2 aliphatic heterocycles. The van der Waals surface area contributed by atoms with Crippen LogP contribution >= 0.6 is 0 Å². The summed E-state index contributed by atoms with van der Waals surface area (Å²) in [6.07, 6.45) is 2.64. The van der Waals surface area contributed by atoms with Crippen LogP contribution < -0.4 is 4.74 Å². The second-order valence-electron chi connectivity index (χ2n) is 13.0. The van der Waals surface area contributed by atoms with E-state index < -0.39 is 32.9 Å². The van der Waals surface area contributed by atoms with Crippen molar-refractivity contribution in [3.63, 3.8) is 0 Å². The van der Waals surface area contributed by atoms with Gasteiger partial charge in [0.1, 0.15) is 16.0 Å². The molecule has 0 aliphatic carbocycles. The van der Waals surface area contributed by atoms with Crippen LogP contribution in [0.5, 0.6) is 5.88 Å². The molecule has 1 fully saturated rings. The van der Waals surface area contributed by atoms with Gasteiger partial charge in [0.25, 0.3) is 0 Å². The molecule has 46 heavy (non-hydrogen) atoms. The summed E-state index contributed by atoms with van der Waals surface area (Å²) in [5.41, 5.74) is 3.66. The Kier molecular flexibility index (Phi) is 8.14. The van der Waals surface area contributed by atoms with Crippen LogP contribution in [-0.4, -0.2) is 74.1 Å². The Balaban J connectivity index is 1.46. The number of rotatable bonds is 7. The molecule has 0 amide bonds. The number of nitrogens with zero attached hydrogens (tertiary/aromatic N) is 6. The molecule has 0 saturated carbocycles. The van der Waals surface area contributed by atoms with Crippen molar-refractivity contribution in [1.29, 1.82) is 0 Å². The van der Waals surface area contributed by atoms with Crippen LogP contribution in [0.25, 0.3) is 11.0 Å². The van der Waals surface area contributed by atoms with Crippen LogP contribution in [0.3, 0.4) is 0 Å². The summed E-state index contributed by atoms with van der Waals surface area (Å²) >= 11 is 0. The summed E-state index contributed by atoms with van der Waals surface area (Å²) in [4.78, 5) is 22.2. The summed E-state index contributed by atoms with van der Waals surface area (Å²) in [6.45, 7) is 12.6. The van der Waals surface area contributed by atoms with E-state index in [0.29, 0.717) is 55.1 Å². The number of hydrogen-bond acceptors (Lipinski definition) is 9. The molecule has 13 heteroatoms. The largest absolute Gasteiger partial charge is 0.481 e. The highest BCUT2D eigenvalue weighted by Crippen LogP contribution is 2.44. The SMILES string of the molecule is CCn1nnc2c(C)c([C@H](c3ccc(C)c(CN4CC5(CCOCC5)Oc5ncc(C)cc5S4(=O)=O)n3)C(C)(C)C(=O)O)ccc21. The van der Waals surface area contributed by atoms with E-state index in [-0.39, 0.29) is 23.9 Å².